The summed E-state index contributed by atoms with van der Waals surface area (Å²) in [7, 11) is -3.80. The largest absolute Gasteiger partial charge is 0.478 e. The van der Waals surface area contributed by atoms with Crippen molar-refractivity contribution < 1.29 is 32.2 Å². The molecule has 4 N–H and O–H groups in total. The predicted octanol–water partition coefficient (Wildman–Crippen LogP) is 2.64. The van der Waals surface area contributed by atoms with Gasteiger partial charge < -0.3 is 29.7 Å². The minimum absolute atomic E-state index is 0.0555. The van der Waals surface area contributed by atoms with Gasteiger partial charge in [0.15, 0.2) is 6.29 Å². The molecular weight excluding hydrogens is 452 g/mol. The van der Waals surface area contributed by atoms with E-state index in [0.717, 1.165) is 0 Å². The van der Waals surface area contributed by atoms with E-state index < -0.39 is 22.4 Å². The summed E-state index contributed by atoms with van der Waals surface area (Å²) in [5.74, 6) is 0.159. The zero-order valence-electron chi connectivity index (χ0n) is 18.7. The molecule has 2 heterocycles. The number of sulfonamides is 1. The number of nitrogens with zero attached hydrogens (tertiary/aromatic N) is 1. The van der Waals surface area contributed by atoms with Gasteiger partial charge in [-0.2, -0.15) is 4.98 Å². The molecule has 1 amide bonds. The fraction of sp³-hybridized carbons (Fsp3) is 0.429. The number of fused-ring (bicyclic) bond motifs is 3. The number of H-pyrrole nitrogens is 1. The number of carbonyl (C=O) groups is 1. The van der Waals surface area contributed by atoms with Gasteiger partial charge >= 0.3 is 6.09 Å². The Morgan fingerprint density at radius 3 is 2.48 bits per heavy atom. The summed E-state index contributed by atoms with van der Waals surface area (Å²) in [4.78, 5) is 18.6. The van der Waals surface area contributed by atoms with Crippen molar-refractivity contribution in [2.45, 2.75) is 38.4 Å². The number of hydrogen-bond acceptors (Lipinski definition) is 8. The topological polar surface area (TPSA) is 155 Å². The lowest BCUT2D eigenvalue weighted by Gasteiger charge is -2.17. The number of hydrogen-bond donors (Lipinski definition) is 3. The summed E-state index contributed by atoms with van der Waals surface area (Å²) < 4.78 is 49.7. The predicted molar refractivity (Wildman–Crippen MR) is 122 cm³/mol. The molecule has 0 spiro atoms. The van der Waals surface area contributed by atoms with Gasteiger partial charge in [0.05, 0.1) is 11.5 Å². The maximum absolute atomic E-state index is 12.9. The molecule has 0 aliphatic heterocycles. The van der Waals surface area contributed by atoms with Gasteiger partial charge in [-0.05, 0) is 39.0 Å². The van der Waals surface area contributed by atoms with E-state index in [2.05, 4.69) is 14.7 Å². The fourth-order valence-electron chi connectivity index (χ4n) is 3.36. The molecule has 0 saturated carbocycles. The number of carbonyl (C=O) groups excluding carboxylic acids is 1. The van der Waals surface area contributed by atoms with Crippen LogP contribution in [0.4, 0.5) is 4.79 Å². The molecule has 33 heavy (non-hydrogen) atoms. The van der Waals surface area contributed by atoms with Crippen LogP contribution in [0.2, 0.25) is 0 Å². The van der Waals surface area contributed by atoms with Crippen LogP contribution in [0, 0.1) is 0 Å². The number of aromatic amines is 1. The van der Waals surface area contributed by atoms with Gasteiger partial charge in [-0.1, -0.05) is 0 Å². The molecule has 0 aliphatic carbocycles. The molecule has 0 saturated heterocycles. The second-order valence-corrected chi connectivity index (χ2v) is 8.67. The number of primary amides is 1. The molecule has 0 bridgehead atoms. The average Bonchev–Trinajstić information content (AvgIpc) is 3.12. The van der Waals surface area contributed by atoms with E-state index in [9.17, 15) is 13.2 Å². The van der Waals surface area contributed by atoms with Gasteiger partial charge in [-0.25, -0.2) is 17.9 Å². The van der Waals surface area contributed by atoms with Crippen LogP contribution in [0.3, 0.4) is 0 Å². The van der Waals surface area contributed by atoms with Crippen molar-refractivity contribution in [2.24, 2.45) is 5.73 Å². The highest BCUT2D eigenvalue weighted by Crippen LogP contribution is 2.34. The second kappa shape index (κ2) is 10.8. The summed E-state index contributed by atoms with van der Waals surface area (Å²) >= 11 is 0. The Kier molecular flexibility index (Phi) is 8.08. The molecule has 0 fully saturated rings. The lowest BCUT2D eigenvalue weighted by Crippen LogP contribution is -2.29. The van der Waals surface area contributed by atoms with E-state index in [1.807, 2.05) is 13.8 Å². The fourth-order valence-corrected chi connectivity index (χ4v) is 4.43. The minimum Gasteiger partial charge on any atom is -0.478 e. The molecule has 11 nitrogen and oxygen atoms in total. The Morgan fingerprint density at radius 2 is 1.85 bits per heavy atom. The van der Waals surface area contributed by atoms with Crippen LogP contribution in [0.5, 0.6) is 11.8 Å². The lowest BCUT2D eigenvalue weighted by atomic mass is 10.2. The highest BCUT2D eigenvalue weighted by atomic mass is 32.2. The van der Waals surface area contributed by atoms with Gasteiger partial charge in [-0.3, -0.25) is 0 Å². The summed E-state index contributed by atoms with van der Waals surface area (Å²) in [6, 6.07) is 6.28. The molecule has 2 aromatic heterocycles. The number of benzene rings is 1. The van der Waals surface area contributed by atoms with Gasteiger partial charge in [-0.15, -0.1) is 0 Å². The van der Waals surface area contributed by atoms with Crippen molar-refractivity contribution >= 4 is 37.9 Å². The first-order chi connectivity index (χ1) is 15.8. The van der Waals surface area contributed by atoms with Gasteiger partial charge in [0, 0.05) is 48.5 Å². The first kappa shape index (κ1) is 24.7. The van der Waals surface area contributed by atoms with Crippen LogP contribution in [-0.2, 0) is 19.5 Å². The molecule has 0 atom stereocenters. The van der Waals surface area contributed by atoms with E-state index in [4.69, 9.17) is 24.7 Å². The maximum atomic E-state index is 12.9. The molecule has 0 radical (unpaired) electrons. The summed E-state index contributed by atoms with van der Waals surface area (Å²) in [5, 5.41) is 1.16. The number of rotatable bonds is 12. The van der Waals surface area contributed by atoms with Crippen molar-refractivity contribution in [1.82, 2.24) is 14.7 Å². The van der Waals surface area contributed by atoms with Crippen molar-refractivity contribution in [2.75, 3.05) is 26.4 Å². The molecule has 0 unspecified atom stereocenters. The highest BCUT2D eigenvalue weighted by molar-refractivity contribution is 7.89. The third-order valence-electron chi connectivity index (χ3n) is 4.68. The summed E-state index contributed by atoms with van der Waals surface area (Å²) in [6.07, 6.45) is -1.14. The SMILES string of the molecule is CCOc1cc2c([nH]c3ccc(S(=O)(=O)NCCC(OCC)OCC)cc32)c(OC(N)=O)n1. The van der Waals surface area contributed by atoms with Crippen molar-refractivity contribution in [1.29, 1.82) is 0 Å². The van der Waals surface area contributed by atoms with E-state index in [0.29, 0.717) is 48.0 Å². The first-order valence-corrected chi connectivity index (χ1v) is 12.1. The second-order valence-electron chi connectivity index (χ2n) is 6.90. The van der Waals surface area contributed by atoms with E-state index in [1.54, 1.807) is 19.1 Å². The zero-order chi connectivity index (χ0) is 24.0. The average molecular weight is 481 g/mol. The monoisotopic (exact) mass is 480 g/mol. The number of ether oxygens (including phenoxy) is 4. The number of nitrogens with two attached hydrogens (primary N) is 1. The Labute approximate surface area is 191 Å². The van der Waals surface area contributed by atoms with Crippen molar-refractivity contribution in [3.8, 4) is 11.8 Å². The molecule has 0 aliphatic rings. The maximum Gasteiger partial charge on any atom is 0.411 e. The smallest absolute Gasteiger partial charge is 0.411 e. The number of nitrogens with one attached hydrogen (secondary N) is 2. The first-order valence-electron chi connectivity index (χ1n) is 10.6. The number of pyridine rings is 1. The van der Waals surface area contributed by atoms with Crippen LogP contribution < -0.4 is 19.9 Å². The van der Waals surface area contributed by atoms with Crippen LogP contribution in [0.25, 0.3) is 21.8 Å². The van der Waals surface area contributed by atoms with Gasteiger partial charge in [0.25, 0.3) is 5.88 Å². The molecule has 180 valence electrons. The van der Waals surface area contributed by atoms with E-state index >= 15 is 0 Å². The Balaban J connectivity index is 1.93. The highest BCUT2D eigenvalue weighted by Gasteiger charge is 2.20. The van der Waals surface area contributed by atoms with Gasteiger partial charge in [0.1, 0.15) is 5.52 Å². The number of amides is 1. The third-order valence-corrected chi connectivity index (χ3v) is 6.14. The Bertz CT molecular complexity index is 1220. The molecule has 3 aromatic rings. The van der Waals surface area contributed by atoms with Gasteiger partial charge in [0.2, 0.25) is 15.9 Å². The summed E-state index contributed by atoms with van der Waals surface area (Å²) in [6.45, 7) is 6.90. The van der Waals surface area contributed by atoms with Crippen LogP contribution in [0.15, 0.2) is 29.2 Å². The van der Waals surface area contributed by atoms with E-state index in [1.165, 1.54) is 12.1 Å². The Hall–Kier alpha value is -2.93. The normalized spacial score (nSPS) is 12.0. The molecule has 3 rings (SSSR count). The number of aromatic nitrogens is 2. The standard InChI is InChI=1S/C21H28N4O7S/c1-4-29-17-12-15-14-11-13(33(27,28)23-10-9-18(30-5-2)31-6-3)7-8-16(14)24-19(15)20(25-17)32-21(22)26/h7-8,11-12,18,23-24H,4-6,9-10H2,1-3H3,(H2,22,26). The van der Waals surface area contributed by atoms with Crippen LogP contribution in [-0.4, -0.2) is 57.1 Å². The molecule has 1 aromatic carbocycles. The quantitative estimate of drug-likeness (QED) is 0.334. The van der Waals surface area contributed by atoms with Crippen LogP contribution >= 0.6 is 0 Å². The molecular formula is C21H28N4O7S. The molecule has 12 heteroatoms. The third kappa shape index (κ3) is 5.90. The Morgan fingerprint density at radius 1 is 1.12 bits per heavy atom. The lowest BCUT2D eigenvalue weighted by molar-refractivity contribution is -0.138. The summed E-state index contributed by atoms with van der Waals surface area (Å²) in [5.41, 5.74) is 6.18. The van der Waals surface area contributed by atoms with Crippen molar-refractivity contribution in [3.05, 3.63) is 24.3 Å². The van der Waals surface area contributed by atoms with E-state index in [-0.39, 0.29) is 23.2 Å². The van der Waals surface area contributed by atoms with Crippen LogP contribution in [0.1, 0.15) is 27.2 Å². The van der Waals surface area contributed by atoms with Crippen molar-refractivity contribution in [3.63, 3.8) is 0 Å². The zero-order valence-corrected chi connectivity index (χ0v) is 19.5. The minimum atomic E-state index is -3.80.